The SMILES string of the molecule is O=C(c1ccc(OC(F)F)cc1)N1CCCCCC1. The minimum atomic E-state index is -2.84. The molecule has 2 rings (SSSR count). The molecule has 0 radical (unpaired) electrons. The van der Waals surface area contributed by atoms with E-state index in [9.17, 15) is 13.6 Å². The molecular weight excluding hydrogens is 252 g/mol. The van der Waals surface area contributed by atoms with Crippen molar-refractivity contribution < 1.29 is 18.3 Å². The number of benzene rings is 1. The first-order chi connectivity index (χ1) is 9.16. The number of likely N-dealkylation sites (tertiary alicyclic amines) is 1. The molecule has 1 fully saturated rings. The molecule has 19 heavy (non-hydrogen) atoms. The van der Waals surface area contributed by atoms with Crippen LogP contribution in [0.3, 0.4) is 0 Å². The number of carbonyl (C=O) groups is 1. The third-order valence-electron chi connectivity index (χ3n) is 3.22. The van der Waals surface area contributed by atoms with Gasteiger partial charge in [0.15, 0.2) is 0 Å². The summed E-state index contributed by atoms with van der Waals surface area (Å²) in [7, 11) is 0. The Morgan fingerprint density at radius 2 is 1.63 bits per heavy atom. The van der Waals surface area contributed by atoms with Crippen LogP contribution in [-0.4, -0.2) is 30.5 Å². The summed E-state index contributed by atoms with van der Waals surface area (Å²) in [6.07, 6.45) is 4.37. The third-order valence-corrected chi connectivity index (χ3v) is 3.22. The van der Waals surface area contributed by atoms with E-state index in [1.165, 1.54) is 24.3 Å². The van der Waals surface area contributed by atoms with E-state index in [1.54, 1.807) is 0 Å². The van der Waals surface area contributed by atoms with Crippen LogP contribution in [0.4, 0.5) is 8.78 Å². The molecule has 0 bridgehead atoms. The summed E-state index contributed by atoms with van der Waals surface area (Å²) in [6, 6.07) is 5.87. The molecule has 1 saturated heterocycles. The molecule has 1 aromatic rings. The fraction of sp³-hybridized carbons (Fsp3) is 0.500. The maximum absolute atomic E-state index is 12.2. The van der Waals surface area contributed by atoms with Gasteiger partial charge in [0, 0.05) is 18.7 Å². The molecule has 0 saturated carbocycles. The Balaban J connectivity index is 2.02. The normalized spacial score (nSPS) is 16.3. The highest BCUT2D eigenvalue weighted by Gasteiger charge is 2.17. The molecule has 0 N–H and O–H groups in total. The minimum Gasteiger partial charge on any atom is -0.435 e. The number of alkyl halides is 2. The first-order valence-electron chi connectivity index (χ1n) is 6.51. The topological polar surface area (TPSA) is 29.5 Å². The highest BCUT2D eigenvalue weighted by molar-refractivity contribution is 5.94. The lowest BCUT2D eigenvalue weighted by Gasteiger charge is -2.20. The van der Waals surface area contributed by atoms with Crippen molar-refractivity contribution in [1.29, 1.82) is 0 Å². The monoisotopic (exact) mass is 269 g/mol. The molecular formula is C14H17F2NO2. The van der Waals surface area contributed by atoms with E-state index in [0.717, 1.165) is 38.8 Å². The molecule has 0 atom stereocenters. The first-order valence-corrected chi connectivity index (χ1v) is 6.51. The van der Waals surface area contributed by atoms with Crippen molar-refractivity contribution >= 4 is 5.91 Å². The van der Waals surface area contributed by atoms with Crippen LogP contribution in [0, 0.1) is 0 Å². The van der Waals surface area contributed by atoms with Gasteiger partial charge < -0.3 is 9.64 Å². The maximum Gasteiger partial charge on any atom is 0.387 e. The van der Waals surface area contributed by atoms with Crippen LogP contribution in [0.5, 0.6) is 5.75 Å². The van der Waals surface area contributed by atoms with Gasteiger partial charge in [-0.05, 0) is 37.1 Å². The van der Waals surface area contributed by atoms with Gasteiger partial charge in [0.05, 0.1) is 0 Å². The number of carbonyl (C=O) groups excluding carboxylic acids is 1. The van der Waals surface area contributed by atoms with Crippen LogP contribution in [0.25, 0.3) is 0 Å². The number of hydrogen-bond donors (Lipinski definition) is 0. The predicted molar refractivity (Wildman–Crippen MR) is 67.4 cm³/mol. The lowest BCUT2D eigenvalue weighted by atomic mass is 10.2. The largest absolute Gasteiger partial charge is 0.435 e. The maximum atomic E-state index is 12.2. The summed E-state index contributed by atoms with van der Waals surface area (Å²) in [5.41, 5.74) is 0.517. The average Bonchev–Trinajstić information content (AvgIpc) is 2.67. The zero-order valence-corrected chi connectivity index (χ0v) is 10.6. The average molecular weight is 269 g/mol. The molecule has 1 aliphatic heterocycles. The van der Waals surface area contributed by atoms with Crippen LogP contribution in [0.15, 0.2) is 24.3 Å². The van der Waals surface area contributed by atoms with Gasteiger partial charge in [-0.25, -0.2) is 0 Å². The number of amides is 1. The molecule has 5 heteroatoms. The summed E-state index contributed by atoms with van der Waals surface area (Å²) < 4.78 is 28.3. The van der Waals surface area contributed by atoms with E-state index in [1.807, 2.05) is 4.90 Å². The van der Waals surface area contributed by atoms with E-state index >= 15 is 0 Å². The van der Waals surface area contributed by atoms with E-state index in [2.05, 4.69) is 4.74 Å². The second kappa shape index (κ2) is 6.50. The third kappa shape index (κ3) is 3.91. The van der Waals surface area contributed by atoms with Crippen molar-refractivity contribution in [3.8, 4) is 5.75 Å². The molecule has 0 unspecified atom stereocenters. The van der Waals surface area contributed by atoms with Gasteiger partial charge in [-0.15, -0.1) is 0 Å². The summed E-state index contributed by atoms with van der Waals surface area (Å²) >= 11 is 0. The van der Waals surface area contributed by atoms with Gasteiger partial charge in [0.25, 0.3) is 5.91 Å². The molecule has 0 spiro atoms. The van der Waals surface area contributed by atoms with Gasteiger partial charge in [0.2, 0.25) is 0 Å². The number of nitrogens with zero attached hydrogens (tertiary/aromatic N) is 1. The van der Waals surface area contributed by atoms with Crippen LogP contribution in [0.2, 0.25) is 0 Å². The Bertz CT molecular complexity index is 412. The van der Waals surface area contributed by atoms with E-state index < -0.39 is 6.61 Å². The zero-order valence-electron chi connectivity index (χ0n) is 10.6. The second-order valence-electron chi connectivity index (χ2n) is 4.61. The Labute approximate surface area is 111 Å². The summed E-state index contributed by atoms with van der Waals surface area (Å²) in [5.74, 6) is 0.0351. The molecule has 104 valence electrons. The lowest BCUT2D eigenvalue weighted by molar-refractivity contribution is -0.0498. The summed E-state index contributed by atoms with van der Waals surface area (Å²) in [5, 5.41) is 0. The van der Waals surface area contributed by atoms with Gasteiger partial charge >= 0.3 is 6.61 Å². The highest BCUT2D eigenvalue weighted by Crippen LogP contribution is 2.17. The Hall–Kier alpha value is -1.65. The molecule has 0 aromatic heterocycles. The van der Waals surface area contributed by atoms with Crippen LogP contribution >= 0.6 is 0 Å². The fourth-order valence-electron chi connectivity index (χ4n) is 2.24. The first kappa shape index (κ1) is 13.8. The standard InChI is InChI=1S/C14H17F2NO2/c15-14(16)19-12-7-5-11(6-8-12)13(18)17-9-3-1-2-4-10-17/h5-8,14H,1-4,9-10H2. The Kier molecular flexibility index (Phi) is 4.71. The fourth-order valence-corrected chi connectivity index (χ4v) is 2.24. The Morgan fingerprint density at radius 1 is 1.05 bits per heavy atom. The van der Waals surface area contributed by atoms with Crippen LogP contribution in [0.1, 0.15) is 36.0 Å². The summed E-state index contributed by atoms with van der Waals surface area (Å²) in [4.78, 5) is 14.1. The van der Waals surface area contributed by atoms with Gasteiger partial charge in [-0.3, -0.25) is 4.79 Å². The number of halogens is 2. The summed E-state index contributed by atoms with van der Waals surface area (Å²) in [6.45, 7) is -1.30. The molecule has 1 aromatic carbocycles. The van der Waals surface area contributed by atoms with Crippen molar-refractivity contribution in [2.75, 3.05) is 13.1 Å². The second-order valence-corrected chi connectivity index (χ2v) is 4.61. The molecule has 3 nitrogen and oxygen atoms in total. The Morgan fingerprint density at radius 3 is 2.16 bits per heavy atom. The number of hydrogen-bond acceptors (Lipinski definition) is 2. The van der Waals surface area contributed by atoms with Crippen molar-refractivity contribution in [2.45, 2.75) is 32.3 Å². The van der Waals surface area contributed by atoms with Crippen molar-refractivity contribution in [3.63, 3.8) is 0 Å². The van der Waals surface area contributed by atoms with Crippen molar-refractivity contribution in [3.05, 3.63) is 29.8 Å². The smallest absolute Gasteiger partial charge is 0.387 e. The van der Waals surface area contributed by atoms with E-state index in [0.29, 0.717) is 5.56 Å². The van der Waals surface area contributed by atoms with Crippen molar-refractivity contribution in [1.82, 2.24) is 4.90 Å². The quantitative estimate of drug-likeness (QED) is 0.842. The predicted octanol–water partition coefficient (Wildman–Crippen LogP) is 3.30. The molecule has 0 aliphatic carbocycles. The number of rotatable bonds is 3. The number of ether oxygens (including phenoxy) is 1. The van der Waals surface area contributed by atoms with Crippen molar-refractivity contribution in [2.24, 2.45) is 0 Å². The van der Waals surface area contributed by atoms with Crippen LogP contribution in [-0.2, 0) is 0 Å². The zero-order chi connectivity index (χ0) is 13.7. The minimum absolute atomic E-state index is 0.0366. The van der Waals surface area contributed by atoms with Gasteiger partial charge in [0.1, 0.15) is 5.75 Å². The lowest BCUT2D eigenvalue weighted by Crippen LogP contribution is -2.31. The van der Waals surface area contributed by atoms with Gasteiger partial charge in [-0.1, -0.05) is 12.8 Å². The van der Waals surface area contributed by atoms with E-state index in [4.69, 9.17) is 0 Å². The van der Waals surface area contributed by atoms with Crippen LogP contribution < -0.4 is 4.74 Å². The molecule has 1 amide bonds. The van der Waals surface area contributed by atoms with E-state index in [-0.39, 0.29) is 11.7 Å². The van der Waals surface area contributed by atoms with Gasteiger partial charge in [-0.2, -0.15) is 8.78 Å². The molecule has 1 aliphatic rings. The highest BCUT2D eigenvalue weighted by atomic mass is 19.3. The molecule has 1 heterocycles.